The molecule has 31 heavy (non-hydrogen) atoms. The van der Waals surface area contributed by atoms with E-state index in [1.165, 1.54) is 38.5 Å². The fourth-order valence-corrected chi connectivity index (χ4v) is 7.86. The van der Waals surface area contributed by atoms with Gasteiger partial charge in [-0.1, -0.05) is 74.4 Å². The van der Waals surface area contributed by atoms with Crippen LogP contribution < -0.4 is 15.3 Å². The van der Waals surface area contributed by atoms with E-state index in [0.29, 0.717) is 0 Å². The smallest absolute Gasteiger partial charge is 0.188 e. The predicted octanol–water partition coefficient (Wildman–Crippen LogP) is 6.76. The molecule has 3 heteroatoms. The average Bonchev–Trinajstić information content (AvgIpc) is 2.90. The zero-order valence-electron chi connectivity index (χ0n) is 20.6. The van der Waals surface area contributed by atoms with Crippen molar-refractivity contribution in [2.75, 3.05) is 13.9 Å². The Balaban J connectivity index is 2.37. The van der Waals surface area contributed by atoms with Crippen LogP contribution in [0.25, 0.3) is 0 Å². The van der Waals surface area contributed by atoms with Gasteiger partial charge in [-0.15, -0.1) is 0 Å². The lowest BCUT2D eigenvalue weighted by Gasteiger charge is -2.38. The molecule has 2 nitrogen and oxygen atoms in total. The fraction of sp³-hybridized carbons (Fsp3) is 0.429. The van der Waals surface area contributed by atoms with Gasteiger partial charge in [0.2, 0.25) is 0 Å². The summed E-state index contributed by atoms with van der Waals surface area (Å²) in [5.41, 5.74) is 6.72. The number of benzene rings is 2. The van der Waals surface area contributed by atoms with E-state index in [1.807, 2.05) is 0 Å². The summed E-state index contributed by atoms with van der Waals surface area (Å²) in [5.74, 6) is 0.986. The van der Waals surface area contributed by atoms with E-state index in [9.17, 15) is 0 Å². The third-order valence-electron chi connectivity index (χ3n) is 6.47. The molecular formula is C28H37O2P. The van der Waals surface area contributed by atoms with Crippen molar-refractivity contribution in [2.45, 2.75) is 66.0 Å². The predicted molar refractivity (Wildman–Crippen MR) is 136 cm³/mol. The van der Waals surface area contributed by atoms with Gasteiger partial charge in [-0.25, -0.2) is 0 Å². The second-order valence-electron chi connectivity index (χ2n) is 9.86. The number of rotatable bonds is 6. The Bertz CT molecular complexity index is 1010. The van der Waals surface area contributed by atoms with Gasteiger partial charge >= 0.3 is 0 Å². The molecule has 0 bridgehead atoms. The molecule has 2 unspecified atom stereocenters. The second kappa shape index (κ2) is 8.93. The van der Waals surface area contributed by atoms with Crippen LogP contribution >= 0.6 is 7.92 Å². The Morgan fingerprint density at radius 3 is 2.13 bits per heavy atom. The van der Waals surface area contributed by atoms with Gasteiger partial charge in [0.05, 0.1) is 0 Å². The lowest BCUT2D eigenvalue weighted by Crippen LogP contribution is -2.33. The maximum atomic E-state index is 6.35. The SMILES string of the molecule is COCOc1c(P(c2ccccc2)C2(C)C=C(C)C(C)=C2C)cc(C)cc1C(C)(C)C. The number of ether oxygens (including phenoxy) is 2. The molecule has 2 aromatic rings. The van der Waals surface area contributed by atoms with Crippen molar-refractivity contribution >= 4 is 18.5 Å². The van der Waals surface area contributed by atoms with E-state index in [-0.39, 0.29) is 17.4 Å². The molecular weight excluding hydrogens is 399 g/mol. The van der Waals surface area contributed by atoms with Crippen LogP contribution in [-0.4, -0.2) is 19.1 Å². The highest BCUT2D eigenvalue weighted by Gasteiger charge is 2.42. The van der Waals surface area contributed by atoms with E-state index in [2.05, 4.69) is 104 Å². The van der Waals surface area contributed by atoms with Crippen LogP contribution in [0.5, 0.6) is 5.75 Å². The summed E-state index contributed by atoms with van der Waals surface area (Å²) in [6.45, 7) is 18.4. The van der Waals surface area contributed by atoms with Crippen molar-refractivity contribution in [2.24, 2.45) is 0 Å². The topological polar surface area (TPSA) is 18.5 Å². The molecule has 166 valence electrons. The van der Waals surface area contributed by atoms with Gasteiger partial charge in [0, 0.05) is 23.1 Å². The van der Waals surface area contributed by atoms with Crippen LogP contribution in [0.2, 0.25) is 0 Å². The molecule has 0 N–H and O–H groups in total. The van der Waals surface area contributed by atoms with Gasteiger partial charge < -0.3 is 9.47 Å². The number of aryl methyl sites for hydroxylation is 1. The molecule has 0 aliphatic heterocycles. The molecule has 0 heterocycles. The maximum absolute atomic E-state index is 6.35. The maximum Gasteiger partial charge on any atom is 0.188 e. The summed E-state index contributed by atoms with van der Waals surface area (Å²) < 4.78 is 11.7. The first-order valence-corrected chi connectivity index (χ1v) is 12.3. The Kier molecular flexibility index (Phi) is 6.84. The van der Waals surface area contributed by atoms with E-state index in [1.54, 1.807) is 7.11 Å². The molecule has 3 rings (SSSR count). The van der Waals surface area contributed by atoms with Gasteiger partial charge in [-0.05, 0) is 70.5 Å². The Morgan fingerprint density at radius 2 is 1.61 bits per heavy atom. The van der Waals surface area contributed by atoms with E-state index < -0.39 is 7.92 Å². The van der Waals surface area contributed by atoms with Crippen molar-refractivity contribution < 1.29 is 9.47 Å². The number of hydrogen-bond donors (Lipinski definition) is 0. The van der Waals surface area contributed by atoms with Crippen LogP contribution in [0.4, 0.5) is 0 Å². The molecule has 0 aromatic heterocycles. The first kappa shape index (κ1) is 23.8. The zero-order valence-corrected chi connectivity index (χ0v) is 21.5. The normalized spacial score (nSPS) is 20.1. The highest BCUT2D eigenvalue weighted by atomic mass is 31.1. The summed E-state index contributed by atoms with van der Waals surface area (Å²) in [6, 6.07) is 15.6. The van der Waals surface area contributed by atoms with Gasteiger partial charge in [-0.3, -0.25) is 0 Å². The van der Waals surface area contributed by atoms with Crippen LogP contribution in [0.15, 0.2) is 65.3 Å². The lowest BCUT2D eigenvalue weighted by atomic mass is 9.85. The number of methoxy groups -OCH3 is 1. The summed E-state index contributed by atoms with van der Waals surface area (Å²) >= 11 is 0. The molecule has 0 saturated carbocycles. The van der Waals surface area contributed by atoms with Crippen molar-refractivity contribution in [3.05, 3.63) is 76.4 Å². The average molecular weight is 437 g/mol. The highest BCUT2D eigenvalue weighted by molar-refractivity contribution is 7.75. The molecule has 2 aromatic carbocycles. The van der Waals surface area contributed by atoms with E-state index in [0.717, 1.165) is 5.75 Å². The quantitative estimate of drug-likeness (QED) is 0.368. The molecule has 0 fully saturated rings. The van der Waals surface area contributed by atoms with Gasteiger partial charge in [0.25, 0.3) is 0 Å². The van der Waals surface area contributed by atoms with E-state index >= 15 is 0 Å². The summed E-state index contributed by atoms with van der Waals surface area (Å²) in [6.07, 6.45) is 2.48. The van der Waals surface area contributed by atoms with Crippen LogP contribution in [0.1, 0.15) is 59.6 Å². The van der Waals surface area contributed by atoms with Crippen molar-refractivity contribution in [3.8, 4) is 5.75 Å². The fourth-order valence-electron chi connectivity index (χ4n) is 4.53. The molecule has 0 spiro atoms. The third-order valence-corrected chi connectivity index (χ3v) is 9.50. The number of hydrogen-bond acceptors (Lipinski definition) is 2. The first-order valence-electron chi connectivity index (χ1n) is 11.0. The highest BCUT2D eigenvalue weighted by Crippen LogP contribution is 2.58. The summed E-state index contributed by atoms with van der Waals surface area (Å²) in [5, 5.41) is 2.59. The minimum absolute atomic E-state index is 0.0370. The summed E-state index contributed by atoms with van der Waals surface area (Å²) in [7, 11) is 0.927. The largest absolute Gasteiger partial charge is 0.467 e. The van der Waals surface area contributed by atoms with Gasteiger partial charge in [0.15, 0.2) is 6.79 Å². The second-order valence-corrected chi connectivity index (χ2v) is 12.5. The van der Waals surface area contributed by atoms with Crippen LogP contribution in [-0.2, 0) is 10.2 Å². The van der Waals surface area contributed by atoms with Gasteiger partial charge in [0.1, 0.15) is 5.75 Å². The van der Waals surface area contributed by atoms with Crippen molar-refractivity contribution in [3.63, 3.8) is 0 Å². The Hall–Kier alpha value is -1.89. The van der Waals surface area contributed by atoms with Crippen LogP contribution in [0, 0.1) is 6.92 Å². The Morgan fingerprint density at radius 1 is 0.968 bits per heavy atom. The minimum atomic E-state index is -0.758. The van der Waals surface area contributed by atoms with Crippen LogP contribution in [0.3, 0.4) is 0 Å². The summed E-state index contributed by atoms with van der Waals surface area (Å²) in [4.78, 5) is 0. The van der Waals surface area contributed by atoms with Crippen molar-refractivity contribution in [1.29, 1.82) is 0 Å². The Labute approximate surface area is 190 Å². The third kappa shape index (κ3) is 4.52. The molecule has 1 aliphatic carbocycles. The van der Waals surface area contributed by atoms with E-state index in [4.69, 9.17) is 9.47 Å². The minimum Gasteiger partial charge on any atom is -0.467 e. The standard InChI is InChI=1S/C28H37O2P/c1-19-15-24(27(5,6)7)26(30-18-29-9)25(16-19)31(23-13-11-10-12-14-23)28(8)17-20(2)21(3)22(28)4/h10-17H,18H2,1-9H3. The number of allylic oxidation sites excluding steroid dienone is 4. The zero-order chi connectivity index (χ0) is 23.0. The monoisotopic (exact) mass is 436 g/mol. The molecule has 1 aliphatic rings. The van der Waals surface area contributed by atoms with Crippen molar-refractivity contribution in [1.82, 2.24) is 0 Å². The first-order chi connectivity index (χ1) is 14.5. The lowest BCUT2D eigenvalue weighted by molar-refractivity contribution is 0.0506. The molecule has 0 saturated heterocycles. The molecule has 0 amide bonds. The molecule has 0 radical (unpaired) electrons. The van der Waals surface area contributed by atoms with Gasteiger partial charge in [-0.2, -0.15) is 0 Å². The molecule has 2 atom stereocenters.